The molecule has 0 bridgehead atoms. The summed E-state index contributed by atoms with van der Waals surface area (Å²) < 4.78 is 77.8. The van der Waals surface area contributed by atoms with Crippen molar-refractivity contribution in [2.24, 2.45) is 5.92 Å². The van der Waals surface area contributed by atoms with Gasteiger partial charge in [-0.1, -0.05) is 41.9 Å². The van der Waals surface area contributed by atoms with E-state index < -0.39 is 35.7 Å². The fraction of sp³-hybridized carbons (Fsp3) is 0.412. The zero-order valence-electron chi connectivity index (χ0n) is 26.5. The van der Waals surface area contributed by atoms with E-state index in [0.29, 0.717) is 50.3 Å². The van der Waals surface area contributed by atoms with Crippen LogP contribution in [-0.4, -0.2) is 55.1 Å². The van der Waals surface area contributed by atoms with Gasteiger partial charge in [-0.05, 0) is 67.5 Å². The molecule has 1 aromatic heterocycles. The molecule has 1 atom stereocenters. The average Bonchev–Trinajstić information content (AvgIpc) is 3.06. The van der Waals surface area contributed by atoms with Crippen LogP contribution in [0.2, 0.25) is 5.02 Å². The maximum absolute atomic E-state index is 15.1. The number of pyridine rings is 1. The minimum absolute atomic E-state index is 0.0765. The molecule has 2 aromatic carbocycles. The van der Waals surface area contributed by atoms with Crippen molar-refractivity contribution >= 4 is 29.5 Å². The standard InChI is InChI=1S/C34H36ClF5N4O5/c1-48-29(45)8-5-15-41-30(46)22-9-12-26(13-10-22)43-32(47)44-33(19-21-6-3-2-4-7-21,28-14-11-24(35)20-42-28)23-16-25(36)18-27(17-23)49-34(39,40)31(37)38/h2-4,6-7,11,14,16-18,20,22,26,31H,5,8-10,12-13,15,19H2,1H3,(H,41,46)(H2,43,44,47)/t22?,26?,33-/m0/s1. The van der Waals surface area contributed by atoms with Gasteiger partial charge in [0.15, 0.2) is 0 Å². The number of methoxy groups -OCH3 is 1. The van der Waals surface area contributed by atoms with Crippen LogP contribution in [0.25, 0.3) is 0 Å². The molecule has 1 fully saturated rings. The van der Waals surface area contributed by atoms with Crippen molar-refractivity contribution in [1.29, 1.82) is 0 Å². The number of nitrogens with zero attached hydrogens (tertiary/aromatic N) is 1. The van der Waals surface area contributed by atoms with Gasteiger partial charge < -0.3 is 25.4 Å². The van der Waals surface area contributed by atoms with Gasteiger partial charge in [-0.3, -0.25) is 14.6 Å². The van der Waals surface area contributed by atoms with E-state index in [-0.39, 0.29) is 53.0 Å². The monoisotopic (exact) mass is 710 g/mol. The van der Waals surface area contributed by atoms with E-state index in [2.05, 4.69) is 30.4 Å². The van der Waals surface area contributed by atoms with Crippen LogP contribution in [0.3, 0.4) is 0 Å². The Morgan fingerprint density at radius 2 is 1.73 bits per heavy atom. The second-order valence-corrected chi connectivity index (χ2v) is 12.1. The molecule has 0 saturated heterocycles. The minimum atomic E-state index is -4.92. The Kier molecular flexibility index (Phi) is 12.8. The van der Waals surface area contributed by atoms with Gasteiger partial charge in [-0.15, -0.1) is 0 Å². The molecule has 3 aromatic rings. The molecule has 264 valence electrons. The predicted octanol–water partition coefficient (Wildman–Crippen LogP) is 6.52. The van der Waals surface area contributed by atoms with Crippen molar-refractivity contribution in [3.05, 3.63) is 94.5 Å². The summed E-state index contributed by atoms with van der Waals surface area (Å²) in [6.07, 6.45) is -5.40. The van der Waals surface area contributed by atoms with Crippen molar-refractivity contribution < 1.29 is 45.8 Å². The number of alkyl halides is 4. The summed E-state index contributed by atoms with van der Waals surface area (Å²) in [5, 5.41) is 8.82. The zero-order chi connectivity index (χ0) is 35.6. The number of ether oxygens (including phenoxy) is 2. The highest BCUT2D eigenvalue weighted by Crippen LogP contribution is 2.37. The van der Waals surface area contributed by atoms with Crippen molar-refractivity contribution in [3.63, 3.8) is 0 Å². The second kappa shape index (κ2) is 16.8. The number of halogens is 6. The van der Waals surface area contributed by atoms with E-state index in [1.807, 2.05) is 0 Å². The molecule has 9 nitrogen and oxygen atoms in total. The minimum Gasteiger partial charge on any atom is -0.469 e. The van der Waals surface area contributed by atoms with Gasteiger partial charge in [0.25, 0.3) is 0 Å². The molecule has 3 amide bonds. The summed E-state index contributed by atoms with van der Waals surface area (Å²) in [6.45, 7) is 0.323. The SMILES string of the molecule is COC(=O)CCCNC(=O)C1CCC(NC(=O)N[C@@](Cc2ccccc2)(c2cc(F)cc(OC(F)(F)C(F)F)c2)c2ccc(Cl)cn2)CC1. The van der Waals surface area contributed by atoms with Crippen LogP contribution in [0.1, 0.15) is 55.3 Å². The zero-order valence-corrected chi connectivity index (χ0v) is 27.3. The Bertz CT molecular complexity index is 1580. The van der Waals surface area contributed by atoms with E-state index in [0.717, 1.165) is 12.1 Å². The molecular weight excluding hydrogens is 675 g/mol. The normalized spacial score (nSPS) is 17.5. The summed E-state index contributed by atoms with van der Waals surface area (Å²) in [6, 6.07) is 13.0. The first kappa shape index (κ1) is 37.4. The first-order valence-electron chi connectivity index (χ1n) is 15.6. The van der Waals surface area contributed by atoms with Crippen LogP contribution >= 0.6 is 11.6 Å². The Hall–Kier alpha value is -4.46. The van der Waals surface area contributed by atoms with Gasteiger partial charge in [-0.25, -0.2) is 9.18 Å². The van der Waals surface area contributed by atoms with Crippen molar-refractivity contribution in [3.8, 4) is 5.75 Å². The quantitative estimate of drug-likeness (QED) is 0.0996. The number of rotatable bonds is 14. The number of amides is 3. The molecule has 4 rings (SSSR count). The van der Waals surface area contributed by atoms with Gasteiger partial charge in [-0.2, -0.15) is 17.6 Å². The maximum atomic E-state index is 15.1. The number of nitrogens with one attached hydrogen (secondary N) is 3. The highest BCUT2D eigenvalue weighted by Gasteiger charge is 2.45. The van der Waals surface area contributed by atoms with Gasteiger partial charge in [0, 0.05) is 43.6 Å². The molecule has 15 heteroatoms. The third kappa shape index (κ3) is 10.3. The number of carbonyl (C=O) groups is 3. The second-order valence-electron chi connectivity index (χ2n) is 11.7. The number of esters is 1. The highest BCUT2D eigenvalue weighted by molar-refractivity contribution is 6.30. The van der Waals surface area contributed by atoms with Crippen LogP contribution < -0.4 is 20.7 Å². The molecule has 1 aliphatic carbocycles. The number of hydrogen-bond acceptors (Lipinski definition) is 6. The number of carbonyl (C=O) groups excluding carboxylic acids is 3. The van der Waals surface area contributed by atoms with Crippen molar-refractivity contribution in [2.45, 2.75) is 69.1 Å². The lowest BCUT2D eigenvalue weighted by molar-refractivity contribution is -0.253. The van der Waals surface area contributed by atoms with E-state index in [9.17, 15) is 31.9 Å². The van der Waals surface area contributed by atoms with Crippen LogP contribution in [0.5, 0.6) is 5.75 Å². The lowest BCUT2D eigenvalue weighted by Gasteiger charge is -2.37. The smallest absolute Gasteiger partial charge is 0.461 e. The number of benzene rings is 2. The van der Waals surface area contributed by atoms with Gasteiger partial charge in [0.2, 0.25) is 5.91 Å². The van der Waals surface area contributed by atoms with E-state index in [4.69, 9.17) is 11.6 Å². The molecule has 0 unspecified atom stereocenters. The van der Waals surface area contributed by atoms with Crippen LogP contribution in [-0.2, 0) is 26.3 Å². The number of hydrogen-bond donors (Lipinski definition) is 3. The Balaban J connectivity index is 1.59. The third-order valence-corrected chi connectivity index (χ3v) is 8.42. The van der Waals surface area contributed by atoms with Gasteiger partial charge in [0.1, 0.15) is 17.1 Å². The van der Waals surface area contributed by atoms with Gasteiger partial charge in [0.05, 0.1) is 17.8 Å². The summed E-state index contributed by atoms with van der Waals surface area (Å²) in [5.74, 6) is -2.78. The molecule has 0 radical (unpaired) electrons. The molecule has 1 heterocycles. The molecule has 1 saturated carbocycles. The number of urea groups is 1. The van der Waals surface area contributed by atoms with E-state index in [1.165, 1.54) is 25.4 Å². The van der Waals surface area contributed by atoms with E-state index >= 15 is 4.39 Å². The fourth-order valence-electron chi connectivity index (χ4n) is 5.73. The largest absolute Gasteiger partial charge is 0.469 e. The molecule has 49 heavy (non-hydrogen) atoms. The highest BCUT2D eigenvalue weighted by atomic mass is 35.5. The third-order valence-electron chi connectivity index (χ3n) is 8.19. The Labute approximate surface area is 284 Å². The maximum Gasteiger partial charge on any atom is 0.461 e. The average molecular weight is 711 g/mol. The van der Waals surface area contributed by atoms with Crippen LogP contribution in [0.15, 0.2) is 66.9 Å². The topological polar surface area (TPSA) is 119 Å². The summed E-state index contributed by atoms with van der Waals surface area (Å²) in [5.41, 5.74) is -1.10. The Morgan fingerprint density at radius 1 is 1.02 bits per heavy atom. The molecule has 1 aliphatic rings. The van der Waals surface area contributed by atoms with Crippen molar-refractivity contribution in [1.82, 2.24) is 20.9 Å². The predicted molar refractivity (Wildman–Crippen MR) is 170 cm³/mol. The molecule has 0 spiro atoms. The molecule has 3 N–H and O–H groups in total. The first-order chi connectivity index (χ1) is 23.3. The van der Waals surface area contributed by atoms with E-state index in [1.54, 1.807) is 30.3 Å². The first-order valence-corrected chi connectivity index (χ1v) is 15.9. The molecular formula is C34H36ClF5N4O5. The Morgan fingerprint density at radius 3 is 2.37 bits per heavy atom. The lowest BCUT2D eigenvalue weighted by atomic mass is 9.80. The van der Waals surface area contributed by atoms with Crippen molar-refractivity contribution in [2.75, 3.05) is 13.7 Å². The fourth-order valence-corrected chi connectivity index (χ4v) is 5.84. The van der Waals surface area contributed by atoms with Gasteiger partial charge >= 0.3 is 24.5 Å². The molecule has 0 aliphatic heterocycles. The number of aromatic nitrogens is 1. The summed E-state index contributed by atoms with van der Waals surface area (Å²) in [4.78, 5) is 42.1. The summed E-state index contributed by atoms with van der Waals surface area (Å²) in [7, 11) is 1.29. The summed E-state index contributed by atoms with van der Waals surface area (Å²) >= 11 is 6.10. The van der Waals surface area contributed by atoms with Crippen LogP contribution in [0, 0.1) is 11.7 Å². The lowest BCUT2D eigenvalue weighted by Crippen LogP contribution is -2.55. The van der Waals surface area contributed by atoms with Crippen LogP contribution in [0.4, 0.5) is 26.7 Å².